The van der Waals surface area contributed by atoms with Crippen LogP contribution in [0.1, 0.15) is 16.1 Å². The molecule has 0 saturated heterocycles. The van der Waals surface area contributed by atoms with Crippen LogP contribution in [-0.4, -0.2) is 23.3 Å². The Kier molecular flexibility index (Phi) is 2.82. The smallest absolute Gasteiger partial charge is 0.358 e. The van der Waals surface area contributed by atoms with E-state index >= 15 is 0 Å². The average molecular weight is 233 g/mol. The second-order valence-electron chi connectivity index (χ2n) is 3.53. The summed E-state index contributed by atoms with van der Waals surface area (Å²) in [6.45, 7) is 1.89. The first kappa shape index (κ1) is 11.2. The Balaban J connectivity index is 2.55. The molecule has 0 fully saturated rings. The number of ether oxygens (including phenoxy) is 1. The van der Waals surface area contributed by atoms with E-state index in [2.05, 4.69) is 5.16 Å². The standard InChI is InChI=1S/C12H11NO4/c1-7-4-3-5-9(16-2)11(7)10-6-8(12(14)15)13-17-10/h3-6H,1-2H3,(H,14,15). The summed E-state index contributed by atoms with van der Waals surface area (Å²) >= 11 is 0. The minimum absolute atomic E-state index is 0.120. The lowest BCUT2D eigenvalue weighted by Crippen LogP contribution is -1.94. The van der Waals surface area contributed by atoms with E-state index in [1.54, 1.807) is 13.2 Å². The van der Waals surface area contributed by atoms with Crippen molar-refractivity contribution in [2.75, 3.05) is 7.11 Å². The highest BCUT2D eigenvalue weighted by molar-refractivity contribution is 5.87. The average Bonchev–Trinajstić information content (AvgIpc) is 2.77. The lowest BCUT2D eigenvalue weighted by Gasteiger charge is -2.07. The summed E-state index contributed by atoms with van der Waals surface area (Å²) in [4.78, 5) is 10.7. The van der Waals surface area contributed by atoms with Gasteiger partial charge in [-0.3, -0.25) is 0 Å². The largest absolute Gasteiger partial charge is 0.496 e. The van der Waals surface area contributed by atoms with Crippen LogP contribution in [0.2, 0.25) is 0 Å². The lowest BCUT2D eigenvalue weighted by atomic mass is 10.1. The molecule has 1 aromatic heterocycles. The molecule has 0 amide bonds. The molecule has 0 saturated carbocycles. The molecule has 2 rings (SSSR count). The Morgan fingerprint density at radius 3 is 2.82 bits per heavy atom. The SMILES string of the molecule is COc1cccc(C)c1-c1cc(C(=O)O)no1. The summed E-state index contributed by atoms with van der Waals surface area (Å²) in [5.74, 6) is -0.108. The fourth-order valence-corrected chi connectivity index (χ4v) is 1.62. The summed E-state index contributed by atoms with van der Waals surface area (Å²) in [5, 5.41) is 12.3. The van der Waals surface area contributed by atoms with Crippen molar-refractivity contribution < 1.29 is 19.2 Å². The molecule has 0 spiro atoms. The van der Waals surface area contributed by atoms with Gasteiger partial charge in [-0.25, -0.2) is 4.79 Å². The molecule has 1 heterocycles. The topological polar surface area (TPSA) is 72.6 Å². The Morgan fingerprint density at radius 1 is 1.47 bits per heavy atom. The molecule has 0 atom stereocenters. The van der Waals surface area contributed by atoms with Crippen molar-refractivity contribution in [3.05, 3.63) is 35.5 Å². The van der Waals surface area contributed by atoms with Gasteiger partial charge in [-0.15, -0.1) is 0 Å². The number of benzene rings is 1. The zero-order chi connectivity index (χ0) is 12.4. The number of hydrogen-bond acceptors (Lipinski definition) is 4. The van der Waals surface area contributed by atoms with Crippen molar-refractivity contribution in [1.82, 2.24) is 5.16 Å². The number of aromatic carboxylic acids is 1. The first-order valence-corrected chi connectivity index (χ1v) is 4.97. The molecule has 0 bridgehead atoms. The van der Waals surface area contributed by atoms with Gasteiger partial charge >= 0.3 is 5.97 Å². The number of aromatic nitrogens is 1. The third kappa shape index (κ3) is 1.99. The van der Waals surface area contributed by atoms with E-state index in [-0.39, 0.29) is 5.69 Å². The van der Waals surface area contributed by atoms with Crippen molar-refractivity contribution >= 4 is 5.97 Å². The van der Waals surface area contributed by atoms with Crippen LogP contribution < -0.4 is 4.74 Å². The number of hydrogen-bond donors (Lipinski definition) is 1. The minimum atomic E-state index is -1.12. The maximum absolute atomic E-state index is 10.7. The summed E-state index contributed by atoms with van der Waals surface area (Å²) in [5.41, 5.74) is 1.53. The second kappa shape index (κ2) is 4.29. The van der Waals surface area contributed by atoms with E-state index in [0.717, 1.165) is 11.1 Å². The predicted molar refractivity (Wildman–Crippen MR) is 60.2 cm³/mol. The zero-order valence-electron chi connectivity index (χ0n) is 9.43. The number of aryl methyl sites for hydroxylation is 1. The molecule has 1 N–H and O–H groups in total. The van der Waals surface area contributed by atoms with Crippen LogP contribution in [0.4, 0.5) is 0 Å². The monoisotopic (exact) mass is 233 g/mol. The molecule has 5 heteroatoms. The van der Waals surface area contributed by atoms with E-state index in [4.69, 9.17) is 14.4 Å². The molecule has 0 aliphatic carbocycles. The molecule has 1 aromatic carbocycles. The van der Waals surface area contributed by atoms with Crippen LogP contribution >= 0.6 is 0 Å². The van der Waals surface area contributed by atoms with Gasteiger partial charge in [0.15, 0.2) is 11.5 Å². The molecule has 17 heavy (non-hydrogen) atoms. The number of methoxy groups -OCH3 is 1. The van der Waals surface area contributed by atoms with Crippen LogP contribution in [0.3, 0.4) is 0 Å². The van der Waals surface area contributed by atoms with Gasteiger partial charge in [-0.05, 0) is 18.6 Å². The van der Waals surface area contributed by atoms with Gasteiger partial charge in [0.05, 0.1) is 12.7 Å². The first-order valence-electron chi connectivity index (χ1n) is 4.97. The molecular weight excluding hydrogens is 222 g/mol. The molecule has 0 unspecified atom stereocenters. The Morgan fingerprint density at radius 2 is 2.24 bits per heavy atom. The van der Waals surface area contributed by atoms with Gasteiger partial charge in [0, 0.05) is 6.07 Å². The summed E-state index contributed by atoms with van der Waals surface area (Å²) in [6, 6.07) is 6.91. The molecule has 0 radical (unpaired) electrons. The van der Waals surface area contributed by atoms with Gasteiger partial charge in [0.1, 0.15) is 5.75 Å². The maximum atomic E-state index is 10.7. The highest BCUT2D eigenvalue weighted by atomic mass is 16.5. The van der Waals surface area contributed by atoms with E-state index in [1.807, 2.05) is 19.1 Å². The molecule has 88 valence electrons. The number of rotatable bonds is 3. The van der Waals surface area contributed by atoms with Crippen LogP contribution in [0.5, 0.6) is 5.75 Å². The van der Waals surface area contributed by atoms with Gasteiger partial charge in [0.2, 0.25) is 0 Å². The highest BCUT2D eigenvalue weighted by Gasteiger charge is 2.16. The number of carboxylic acids is 1. The van der Waals surface area contributed by atoms with Gasteiger partial charge in [-0.2, -0.15) is 0 Å². The zero-order valence-corrected chi connectivity index (χ0v) is 9.43. The van der Waals surface area contributed by atoms with Gasteiger partial charge in [0.25, 0.3) is 0 Å². The lowest BCUT2D eigenvalue weighted by molar-refractivity contribution is 0.0686. The van der Waals surface area contributed by atoms with Crippen molar-refractivity contribution in [1.29, 1.82) is 0 Å². The summed E-state index contributed by atoms with van der Waals surface area (Å²) in [7, 11) is 1.55. The molecule has 0 aliphatic rings. The number of nitrogens with zero attached hydrogens (tertiary/aromatic N) is 1. The third-order valence-electron chi connectivity index (χ3n) is 2.43. The van der Waals surface area contributed by atoms with Crippen LogP contribution in [0, 0.1) is 6.92 Å². The number of carboxylic acid groups (broad SMARTS) is 1. The fourth-order valence-electron chi connectivity index (χ4n) is 1.62. The van der Waals surface area contributed by atoms with Crippen molar-refractivity contribution in [2.45, 2.75) is 6.92 Å². The quantitative estimate of drug-likeness (QED) is 0.880. The van der Waals surface area contributed by atoms with Crippen molar-refractivity contribution in [3.8, 4) is 17.1 Å². The van der Waals surface area contributed by atoms with E-state index < -0.39 is 5.97 Å². The van der Waals surface area contributed by atoms with Crippen LogP contribution in [-0.2, 0) is 0 Å². The Labute approximate surface area is 97.6 Å². The Hall–Kier alpha value is -2.30. The molecule has 0 aliphatic heterocycles. The maximum Gasteiger partial charge on any atom is 0.358 e. The third-order valence-corrected chi connectivity index (χ3v) is 2.43. The molecular formula is C12H11NO4. The van der Waals surface area contributed by atoms with Crippen LogP contribution in [0.25, 0.3) is 11.3 Å². The normalized spacial score (nSPS) is 10.2. The van der Waals surface area contributed by atoms with Crippen molar-refractivity contribution in [2.24, 2.45) is 0 Å². The Bertz CT molecular complexity index is 559. The number of carbonyl (C=O) groups is 1. The molecule has 2 aromatic rings. The first-order chi connectivity index (χ1) is 8.13. The van der Waals surface area contributed by atoms with Crippen molar-refractivity contribution in [3.63, 3.8) is 0 Å². The van der Waals surface area contributed by atoms with E-state index in [0.29, 0.717) is 11.5 Å². The van der Waals surface area contributed by atoms with E-state index in [1.165, 1.54) is 6.07 Å². The van der Waals surface area contributed by atoms with Gasteiger partial charge < -0.3 is 14.4 Å². The summed E-state index contributed by atoms with van der Waals surface area (Å²) in [6.07, 6.45) is 0. The van der Waals surface area contributed by atoms with E-state index in [9.17, 15) is 4.79 Å². The second-order valence-corrected chi connectivity index (χ2v) is 3.53. The van der Waals surface area contributed by atoms with Crippen LogP contribution in [0.15, 0.2) is 28.8 Å². The highest BCUT2D eigenvalue weighted by Crippen LogP contribution is 2.33. The predicted octanol–water partition coefficient (Wildman–Crippen LogP) is 2.36. The molecule has 5 nitrogen and oxygen atoms in total. The summed E-state index contributed by atoms with van der Waals surface area (Å²) < 4.78 is 10.2. The minimum Gasteiger partial charge on any atom is -0.496 e. The van der Waals surface area contributed by atoms with Gasteiger partial charge in [-0.1, -0.05) is 17.3 Å². The fraction of sp³-hybridized carbons (Fsp3) is 0.167.